The maximum Gasteiger partial charge on any atom is 0.242 e. The van der Waals surface area contributed by atoms with Crippen LogP contribution in [0.25, 0.3) is 0 Å². The molecule has 5 nitrogen and oxygen atoms in total. The monoisotopic (exact) mass is 358 g/mol. The van der Waals surface area contributed by atoms with Gasteiger partial charge in [-0.3, -0.25) is 4.79 Å². The highest BCUT2D eigenvalue weighted by atomic mass is 32.2. The fourth-order valence-electron chi connectivity index (χ4n) is 2.88. The second-order valence-corrected chi connectivity index (χ2v) is 8.82. The standard InChI is InChI=1S/C19H22N2O3S/c1-14-9-10-16(25(23,24)21(2)3)13-17(14)20-18(22)19(11-12-19)15-7-5-4-6-8-15/h4-10,13H,11-12H2,1-3H3,(H,20,22). The molecule has 1 amide bonds. The summed E-state index contributed by atoms with van der Waals surface area (Å²) in [4.78, 5) is 13.0. The van der Waals surface area contributed by atoms with Gasteiger partial charge in [0.05, 0.1) is 10.3 Å². The van der Waals surface area contributed by atoms with Gasteiger partial charge in [0, 0.05) is 19.8 Å². The van der Waals surface area contributed by atoms with Crippen molar-refractivity contribution in [3.8, 4) is 0 Å². The average molecular weight is 358 g/mol. The van der Waals surface area contributed by atoms with Crippen LogP contribution < -0.4 is 5.32 Å². The van der Waals surface area contributed by atoms with Crippen molar-refractivity contribution in [3.05, 3.63) is 59.7 Å². The van der Waals surface area contributed by atoms with Gasteiger partial charge in [-0.15, -0.1) is 0 Å². The van der Waals surface area contributed by atoms with Gasteiger partial charge in [0.2, 0.25) is 15.9 Å². The Morgan fingerprint density at radius 2 is 1.72 bits per heavy atom. The van der Waals surface area contributed by atoms with Crippen LogP contribution in [-0.2, 0) is 20.2 Å². The summed E-state index contributed by atoms with van der Waals surface area (Å²) in [5, 5.41) is 2.94. The zero-order valence-corrected chi connectivity index (χ0v) is 15.4. The quantitative estimate of drug-likeness (QED) is 0.894. The van der Waals surface area contributed by atoms with Crippen molar-refractivity contribution >= 4 is 21.6 Å². The Balaban J connectivity index is 1.90. The van der Waals surface area contributed by atoms with Gasteiger partial charge in [-0.05, 0) is 43.0 Å². The van der Waals surface area contributed by atoms with Crippen LogP contribution in [0.5, 0.6) is 0 Å². The smallest absolute Gasteiger partial charge is 0.242 e. The summed E-state index contributed by atoms with van der Waals surface area (Å²) < 4.78 is 25.8. The summed E-state index contributed by atoms with van der Waals surface area (Å²) in [5.74, 6) is -0.0822. The number of hydrogen-bond acceptors (Lipinski definition) is 3. The third-order valence-electron chi connectivity index (χ3n) is 4.75. The number of nitrogens with zero attached hydrogens (tertiary/aromatic N) is 1. The molecule has 0 bridgehead atoms. The summed E-state index contributed by atoms with van der Waals surface area (Å²) in [7, 11) is -0.566. The number of benzene rings is 2. The molecule has 0 saturated heterocycles. The number of rotatable bonds is 5. The van der Waals surface area contributed by atoms with Gasteiger partial charge in [-0.1, -0.05) is 36.4 Å². The van der Waals surface area contributed by atoms with Crippen molar-refractivity contribution in [3.63, 3.8) is 0 Å². The molecule has 0 radical (unpaired) electrons. The number of anilines is 1. The minimum atomic E-state index is -3.54. The Morgan fingerprint density at radius 1 is 1.08 bits per heavy atom. The summed E-state index contributed by atoms with van der Waals surface area (Å²) in [5.41, 5.74) is 1.87. The van der Waals surface area contributed by atoms with Crippen LogP contribution in [-0.4, -0.2) is 32.7 Å². The zero-order valence-electron chi connectivity index (χ0n) is 14.6. The number of nitrogens with one attached hydrogen (secondary N) is 1. The Labute approximate surface area is 148 Å². The fourth-order valence-corrected chi connectivity index (χ4v) is 3.81. The van der Waals surface area contributed by atoms with Crippen molar-refractivity contribution in [1.82, 2.24) is 4.31 Å². The summed E-state index contributed by atoms with van der Waals surface area (Å²) in [6.45, 7) is 1.85. The lowest BCUT2D eigenvalue weighted by atomic mass is 9.95. The van der Waals surface area contributed by atoms with Crippen LogP contribution in [0.3, 0.4) is 0 Å². The molecule has 132 valence electrons. The van der Waals surface area contributed by atoms with Gasteiger partial charge in [0.25, 0.3) is 0 Å². The predicted molar refractivity (Wildman–Crippen MR) is 98.0 cm³/mol. The fraction of sp³-hybridized carbons (Fsp3) is 0.316. The van der Waals surface area contributed by atoms with Crippen LogP contribution in [0.2, 0.25) is 0 Å². The maximum atomic E-state index is 12.9. The second-order valence-electron chi connectivity index (χ2n) is 6.67. The van der Waals surface area contributed by atoms with Gasteiger partial charge in [-0.25, -0.2) is 12.7 Å². The van der Waals surface area contributed by atoms with Crippen LogP contribution in [0, 0.1) is 6.92 Å². The molecule has 1 aliphatic carbocycles. The molecule has 3 rings (SSSR count). The molecule has 0 spiro atoms. The summed E-state index contributed by atoms with van der Waals surface area (Å²) >= 11 is 0. The number of amides is 1. The van der Waals surface area contributed by atoms with Crippen LogP contribution in [0.1, 0.15) is 24.0 Å². The SMILES string of the molecule is Cc1ccc(S(=O)(=O)N(C)C)cc1NC(=O)C1(c2ccccc2)CC1. The van der Waals surface area contributed by atoms with Gasteiger partial charge in [0.1, 0.15) is 0 Å². The first-order valence-electron chi connectivity index (χ1n) is 8.17. The number of carbonyl (C=O) groups excluding carboxylic acids is 1. The van der Waals surface area contributed by atoms with E-state index in [9.17, 15) is 13.2 Å². The molecule has 0 unspecified atom stereocenters. The predicted octanol–water partition coefficient (Wildman–Crippen LogP) is 2.92. The Morgan fingerprint density at radius 3 is 2.28 bits per heavy atom. The van der Waals surface area contributed by atoms with Crippen LogP contribution in [0.15, 0.2) is 53.4 Å². The Bertz CT molecular complexity index is 902. The van der Waals surface area contributed by atoms with E-state index >= 15 is 0 Å². The molecule has 1 saturated carbocycles. The highest BCUT2D eigenvalue weighted by molar-refractivity contribution is 7.89. The molecule has 1 N–H and O–H groups in total. The highest BCUT2D eigenvalue weighted by Crippen LogP contribution is 2.49. The molecular formula is C19H22N2O3S. The first-order chi connectivity index (χ1) is 11.8. The van der Waals surface area contributed by atoms with E-state index in [0.29, 0.717) is 5.69 Å². The van der Waals surface area contributed by atoms with Gasteiger partial charge >= 0.3 is 0 Å². The van der Waals surface area contributed by atoms with E-state index in [4.69, 9.17) is 0 Å². The first kappa shape index (κ1) is 17.6. The molecule has 2 aromatic carbocycles. The lowest BCUT2D eigenvalue weighted by molar-refractivity contribution is -0.118. The van der Waals surface area contributed by atoms with Crippen molar-refractivity contribution in [1.29, 1.82) is 0 Å². The largest absolute Gasteiger partial charge is 0.325 e. The van der Waals surface area contributed by atoms with Crippen molar-refractivity contribution in [2.24, 2.45) is 0 Å². The first-order valence-corrected chi connectivity index (χ1v) is 9.61. The molecule has 0 heterocycles. The maximum absolute atomic E-state index is 12.9. The molecule has 0 aromatic heterocycles. The summed E-state index contributed by atoms with van der Waals surface area (Å²) in [6, 6.07) is 14.5. The molecule has 25 heavy (non-hydrogen) atoms. The topological polar surface area (TPSA) is 66.5 Å². The zero-order chi connectivity index (χ0) is 18.2. The van der Waals surface area contributed by atoms with E-state index in [1.165, 1.54) is 20.2 Å². The van der Waals surface area contributed by atoms with Crippen LogP contribution in [0.4, 0.5) is 5.69 Å². The normalized spacial score (nSPS) is 15.8. The van der Waals surface area contributed by atoms with E-state index in [-0.39, 0.29) is 10.8 Å². The highest BCUT2D eigenvalue weighted by Gasteiger charge is 2.51. The molecule has 0 aliphatic heterocycles. The number of sulfonamides is 1. The molecule has 6 heteroatoms. The van der Waals surface area contributed by atoms with Crippen molar-refractivity contribution in [2.45, 2.75) is 30.1 Å². The number of carbonyl (C=O) groups is 1. The molecule has 0 atom stereocenters. The molecule has 1 fully saturated rings. The van der Waals surface area contributed by atoms with Crippen LogP contribution >= 0.6 is 0 Å². The second kappa shape index (κ2) is 6.28. The van der Waals surface area contributed by atoms with E-state index < -0.39 is 15.4 Å². The van der Waals surface area contributed by atoms with Crippen molar-refractivity contribution in [2.75, 3.05) is 19.4 Å². The van der Waals surface area contributed by atoms with Gasteiger partial charge in [0.15, 0.2) is 0 Å². The molecule has 2 aromatic rings. The van der Waals surface area contributed by atoms with E-state index in [0.717, 1.165) is 28.3 Å². The van der Waals surface area contributed by atoms with E-state index in [1.54, 1.807) is 12.1 Å². The Hall–Kier alpha value is -2.18. The molecular weight excluding hydrogens is 336 g/mol. The van der Waals surface area contributed by atoms with Gasteiger partial charge in [-0.2, -0.15) is 0 Å². The minimum Gasteiger partial charge on any atom is -0.325 e. The third-order valence-corrected chi connectivity index (χ3v) is 6.56. The summed E-state index contributed by atoms with van der Waals surface area (Å²) in [6.07, 6.45) is 1.61. The number of hydrogen-bond donors (Lipinski definition) is 1. The lowest BCUT2D eigenvalue weighted by Gasteiger charge is -2.18. The van der Waals surface area contributed by atoms with Gasteiger partial charge < -0.3 is 5.32 Å². The minimum absolute atomic E-state index is 0.0822. The Kier molecular flexibility index (Phi) is 4.43. The lowest BCUT2D eigenvalue weighted by Crippen LogP contribution is -2.28. The third kappa shape index (κ3) is 3.19. The average Bonchev–Trinajstić information content (AvgIpc) is 3.39. The van der Waals surface area contributed by atoms with Crippen molar-refractivity contribution < 1.29 is 13.2 Å². The van der Waals surface area contributed by atoms with E-state index in [1.807, 2.05) is 37.3 Å². The van der Waals surface area contributed by atoms with E-state index in [2.05, 4.69) is 5.32 Å². The molecule has 1 aliphatic rings. The number of aryl methyl sites for hydroxylation is 1.